The van der Waals surface area contributed by atoms with Crippen LogP contribution < -0.4 is 30.5 Å². The average Bonchev–Trinajstić information content (AvgIpc) is 3.59. The lowest BCUT2D eigenvalue weighted by Crippen LogP contribution is -2.63. The number of para-hydroxylation sites is 4. The van der Waals surface area contributed by atoms with E-state index in [0.717, 1.165) is 0 Å². The van der Waals surface area contributed by atoms with Crippen LogP contribution in [0.1, 0.15) is 0 Å². The molecule has 0 bridgehead atoms. The monoisotopic (exact) mass is 726 g/mol. The third kappa shape index (κ3) is 4.83. The van der Waals surface area contributed by atoms with Crippen LogP contribution in [0.25, 0.3) is 33.0 Å². The number of anilines is 6. The molecule has 8 aromatic rings. The summed E-state index contributed by atoms with van der Waals surface area (Å²) in [6.07, 6.45) is 0. The van der Waals surface area contributed by atoms with Gasteiger partial charge in [-0.25, -0.2) is 0 Å². The predicted octanol–water partition coefficient (Wildman–Crippen LogP) is 11.4. The molecule has 0 fully saturated rings. The molecule has 2 heterocycles. The van der Waals surface area contributed by atoms with Crippen molar-refractivity contribution in [2.24, 2.45) is 0 Å². The fourth-order valence-electron chi connectivity index (χ4n) is 9.53. The molecular weight excluding hydrogens is 685 g/mol. The Balaban J connectivity index is 1.18. The lowest BCUT2D eigenvalue weighted by Gasteiger charge is -2.30. The van der Waals surface area contributed by atoms with E-state index >= 15 is 0 Å². The SMILES string of the molecule is C[Si]1(C)c2cc(N(c3ccccc3)c3ccccc3)ccc2-c2c1c1c(c3ccccc23)-c2ccc(N(c3ccccc3)c3ccccc3)cc2[Si]1(C)C. The molecule has 0 aromatic heterocycles. The Morgan fingerprint density at radius 3 is 0.926 bits per heavy atom. The number of rotatable bonds is 6. The molecule has 0 unspecified atom stereocenters. The molecular formula is C50H42N2Si2. The molecule has 0 spiro atoms. The highest BCUT2D eigenvalue weighted by atomic mass is 28.3. The summed E-state index contributed by atoms with van der Waals surface area (Å²) in [7, 11) is -4.41. The van der Waals surface area contributed by atoms with E-state index in [1.54, 1.807) is 10.4 Å². The van der Waals surface area contributed by atoms with Gasteiger partial charge in [-0.05, 0) is 127 Å². The van der Waals surface area contributed by atoms with Crippen LogP contribution in [0, 0.1) is 0 Å². The van der Waals surface area contributed by atoms with E-state index in [2.05, 4.69) is 218 Å². The minimum absolute atomic E-state index is 1.17. The lowest BCUT2D eigenvalue weighted by molar-refractivity contribution is 1.29. The van der Waals surface area contributed by atoms with Crippen molar-refractivity contribution >= 4 is 81.8 Å². The number of nitrogens with zero attached hydrogens (tertiary/aromatic N) is 2. The Morgan fingerprint density at radius 2 is 0.611 bits per heavy atom. The summed E-state index contributed by atoms with van der Waals surface area (Å²) < 4.78 is 0. The van der Waals surface area contributed by atoms with Crippen molar-refractivity contribution in [3.05, 3.63) is 182 Å². The Morgan fingerprint density at radius 1 is 0.315 bits per heavy atom. The van der Waals surface area contributed by atoms with E-state index < -0.39 is 16.1 Å². The maximum absolute atomic E-state index is 2.61. The average molecular weight is 727 g/mol. The van der Waals surface area contributed by atoms with Crippen molar-refractivity contribution in [2.45, 2.75) is 26.2 Å². The van der Waals surface area contributed by atoms with Gasteiger partial charge in [-0.2, -0.15) is 0 Å². The number of hydrogen-bond acceptors (Lipinski definition) is 2. The summed E-state index contributed by atoms with van der Waals surface area (Å²) >= 11 is 0. The number of fused-ring (bicyclic) bond motifs is 10. The van der Waals surface area contributed by atoms with Gasteiger partial charge in [0.2, 0.25) is 0 Å². The molecule has 2 aliphatic heterocycles. The van der Waals surface area contributed by atoms with Gasteiger partial charge in [0.1, 0.15) is 16.1 Å². The topological polar surface area (TPSA) is 6.48 Å². The smallest absolute Gasteiger partial charge is 0.113 e. The van der Waals surface area contributed by atoms with Crippen molar-refractivity contribution in [2.75, 3.05) is 9.80 Å². The van der Waals surface area contributed by atoms with Gasteiger partial charge in [0.05, 0.1) is 0 Å². The third-order valence-corrected chi connectivity index (χ3v) is 19.2. The van der Waals surface area contributed by atoms with E-state index in [1.807, 2.05) is 0 Å². The highest BCUT2D eigenvalue weighted by Gasteiger charge is 2.49. The van der Waals surface area contributed by atoms with Crippen LogP contribution in [0.2, 0.25) is 26.2 Å². The van der Waals surface area contributed by atoms with E-state index in [0.29, 0.717) is 0 Å². The first-order valence-electron chi connectivity index (χ1n) is 19.0. The van der Waals surface area contributed by atoms with E-state index in [-0.39, 0.29) is 0 Å². The highest BCUT2D eigenvalue weighted by Crippen LogP contribution is 2.45. The lowest BCUT2D eigenvalue weighted by atomic mass is 9.92. The van der Waals surface area contributed by atoms with Gasteiger partial charge in [-0.15, -0.1) is 0 Å². The summed E-state index contributed by atoms with van der Waals surface area (Å²) in [6.45, 7) is 10.4. The van der Waals surface area contributed by atoms with Crippen LogP contribution in [-0.2, 0) is 0 Å². The second-order valence-electron chi connectivity index (χ2n) is 15.8. The molecule has 0 aliphatic carbocycles. The Kier molecular flexibility index (Phi) is 7.45. The van der Waals surface area contributed by atoms with Crippen molar-refractivity contribution in [1.29, 1.82) is 0 Å². The van der Waals surface area contributed by atoms with Crippen LogP contribution in [0.3, 0.4) is 0 Å². The third-order valence-electron chi connectivity index (χ3n) is 11.9. The van der Waals surface area contributed by atoms with Crippen molar-refractivity contribution < 1.29 is 0 Å². The Bertz CT molecular complexity index is 2440. The molecule has 0 atom stereocenters. The normalized spacial score (nSPS) is 14.2. The minimum atomic E-state index is -2.21. The summed E-state index contributed by atoms with van der Waals surface area (Å²) in [4.78, 5) is 4.83. The Hall–Kier alpha value is -5.95. The summed E-state index contributed by atoms with van der Waals surface area (Å²) in [5, 5.41) is 9.16. The maximum Gasteiger partial charge on any atom is 0.113 e. The zero-order valence-electron chi connectivity index (χ0n) is 31.2. The van der Waals surface area contributed by atoms with E-state index in [9.17, 15) is 0 Å². The quantitative estimate of drug-likeness (QED) is 0.157. The van der Waals surface area contributed by atoms with Crippen molar-refractivity contribution in [1.82, 2.24) is 0 Å². The predicted molar refractivity (Wildman–Crippen MR) is 238 cm³/mol. The van der Waals surface area contributed by atoms with E-state index in [4.69, 9.17) is 0 Å². The van der Waals surface area contributed by atoms with Gasteiger partial charge < -0.3 is 9.80 Å². The van der Waals surface area contributed by atoms with Gasteiger partial charge in [-0.3, -0.25) is 0 Å². The molecule has 8 aromatic carbocycles. The maximum atomic E-state index is 2.61. The van der Waals surface area contributed by atoms with Crippen LogP contribution in [0.15, 0.2) is 182 Å². The molecule has 10 rings (SSSR count). The van der Waals surface area contributed by atoms with Gasteiger partial charge in [0.15, 0.2) is 0 Å². The van der Waals surface area contributed by atoms with Crippen LogP contribution in [-0.4, -0.2) is 16.1 Å². The van der Waals surface area contributed by atoms with Gasteiger partial charge in [-0.1, -0.05) is 135 Å². The fraction of sp³-hybridized carbons (Fsp3) is 0.0800. The summed E-state index contributed by atoms with van der Waals surface area (Å²) in [5.41, 5.74) is 12.9. The van der Waals surface area contributed by atoms with Crippen LogP contribution in [0.4, 0.5) is 34.1 Å². The molecule has 260 valence electrons. The number of benzene rings is 8. The zero-order chi connectivity index (χ0) is 36.6. The Labute approximate surface area is 320 Å². The largest absolute Gasteiger partial charge is 0.311 e. The first-order chi connectivity index (χ1) is 26.3. The minimum Gasteiger partial charge on any atom is -0.311 e. The molecule has 0 amide bonds. The van der Waals surface area contributed by atoms with Crippen molar-refractivity contribution in [3.8, 4) is 22.3 Å². The summed E-state index contributed by atoms with van der Waals surface area (Å²) in [5.74, 6) is 0. The van der Waals surface area contributed by atoms with Crippen molar-refractivity contribution in [3.63, 3.8) is 0 Å². The zero-order valence-corrected chi connectivity index (χ0v) is 33.2. The summed E-state index contributed by atoms with van der Waals surface area (Å²) in [6, 6.07) is 67.1. The van der Waals surface area contributed by atoms with Gasteiger partial charge >= 0.3 is 0 Å². The molecule has 2 nitrogen and oxygen atoms in total. The van der Waals surface area contributed by atoms with Gasteiger partial charge in [0.25, 0.3) is 0 Å². The van der Waals surface area contributed by atoms with E-state index in [1.165, 1.54) is 77.5 Å². The molecule has 0 radical (unpaired) electrons. The molecule has 0 saturated heterocycles. The molecule has 2 aliphatic rings. The standard InChI is InChI=1S/C50H42N2Si2/c1-53(2)45-33-39(51(35-19-9-5-10-20-35)36-21-11-6-12-22-36)29-31-43(45)47-41-27-17-18-28-42(41)48-44-32-30-40(34-46(44)54(3,4)50(48)49(47)53)52(37-23-13-7-14-24-37)38-25-15-8-16-26-38/h5-34H,1-4H3. The molecule has 0 saturated carbocycles. The first-order valence-corrected chi connectivity index (χ1v) is 25.0. The number of hydrogen-bond donors (Lipinski definition) is 0. The molecule has 4 heteroatoms. The fourth-order valence-corrected chi connectivity index (χ4v) is 18.0. The van der Waals surface area contributed by atoms with Crippen LogP contribution >= 0.6 is 0 Å². The highest BCUT2D eigenvalue weighted by molar-refractivity contribution is 7.13. The second kappa shape index (κ2) is 12.3. The van der Waals surface area contributed by atoms with Gasteiger partial charge in [0, 0.05) is 34.1 Å². The first kappa shape index (κ1) is 32.7. The second-order valence-corrected chi connectivity index (χ2v) is 24.3. The van der Waals surface area contributed by atoms with Crippen LogP contribution in [0.5, 0.6) is 0 Å². The molecule has 54 heavy (non-hydrogen) atoms. The molecule has 0 N–H and O–H groups in total.